The molecule has 1 N–H and O–H groups in total. The minimum Gasteiger partial charge on any atom is -0.354 e. The first kappa shape index (κ1) is 27.8. The van der Waals surface area contributed by atoms with Crippen molar-refractivity contribution < 1.29 is 9.59 Å². The van der Waals surface area contributed by atoms with Crippen molar-refractivity contribution in [3.63, 3.8) is 0 Å². The van der Waals surface area contributed by atoms with Crippen molar-refractivity contribution in [2.75, 3.05) is 12.3 Å². The van der Waals surface area contributed by atoms with Crippen molar-refractivity contribution in [2.45, 2.75) is 57.0 Å². The maximum absolute atomic E-state index is 13.7. The van der Waals surface area contributed by atoms with Gasteiger partial charge in [-0.15, -0.1) is 11.8 Å². The summed E-state index contributed by atoms with van der Waals surface area (Å²) in [7, 11) is 0. The van der Waals surface area contributed by atoms with Crippen LogP contribution in [0.3, 0.4) is 0 Å². The van der Waals surface area contributed by atoms with Crippen molar-refractivity contribution in [2.24, 2.45) is 0 Å². The van der Waals surface area contributed by atoms with E-state index >= 15 is 0 Å². The number of aryl methyl sites for hydroxylation is 1. The summed E-state index contributed by atoms with van der Waals surface area (Å²) in [6.07, 6.45) is 2.72. The van der Waals surface area contributed by atoms with E-state index in [-0.39, 0.29) is 11.8 Å². The van der Waals surface area contributed by atoms with Crippen molar-refractivity contribution in [3.8, 4) is 0 Å². The minimum atomic E-state index is -0.586. The molecule has 0 unspecified atom stereocenters. The molecule has 190 valence electrons. The molecule has 3 aromatic rings. The topological polar surface area (TPSA) is 49.4 Å². The van der Waals surface area contributed by atoms with Crippen LogP contribution >= 0.6 is 23.4 Å². The predicted molar refractivity (Wildman–Crippen MR) is 150 cm³/mol. The summed E-state index contributed by atoms with van der Waals surface area (Å²) >= 11 is 7.61. The molecular weight excluding hydrogens is 488 g/mol. The molecular formula is C30H35ClN2O2S. The molecule has 0 aliphatic rings. The van der Waals surface area contributed by atoms with Gasteiger partial charge in [-0.2, -0.15) is 0 Å². The van der Waals surface area contributed by atoms with Crippen LogP contribution in [0, 0.1) is 6.92 Å². The average molecular weight is 523 g/mol. The number of nitrogens with zero attached hydrogens (tertiary/aromatic N) is 1. The quantitative estimate of drug-likeness (QED) is 0.201. The summed E-state index contributed by atoms with van der Waals surface area (Å²) in [5, 5.41) is 3.77. The average Bonchev–Trinajstić information content (AvgIpc) is 2.89. The van der Waals surface area contributed by atoms with Crippen LogP contribution in [0.4, 0.5) is 0 Å². The number of nitrogens with one attached hydrogen (secondary N) is 1. The normalized spacial score (nSPS) is 11.6. The molecule has 0 aromatic heterocycles. The molecule has 0 saturated heterocycles. The minimum absolute atomic E-state index is 0.0220. The van der Waals surface area contributed by atoms with Crippen LogP contribution in [-0.4, -0.2) is 35.1 Å². The predicted octanol–water partition coefficient (Wildman–Crippen LogP) is 6.69. The first-order chi connectivity index (χ1) is 17.5. The Morgan fingerprint density at radius 1 is 0.972 bits per heavy atom. The third kappa shape index (κ3) is 8.72. The Bertz CT molecular complexity index is 1110. The van der Waals surface area contributed by atoms with E-state index in [0.29, 0.717) is 36.7 Å². The van der Waals surface area contributed by atoms with Gasteiger partial charge in [0.05, 0.1) is 0 Å². The highest BCUT2D eigenvalue weighted by molar-refractivity contribution is 7.99. The highest BCUT2D eigenvalue weighted by atomic mass is 35.5. The molecule has 0 heterocycles. The summed E-state index contributed by atoms with van der Waals surface area (Å²) < 4.78 is 0. The number of amides is 2. The van der Waals surface area contributed by atoms with Crippen LogP contribution in [-0.2, 0) is 22.6 Å². The van der Waals surface area contributed by atoms with Gasteiger partial charge in [0.25, 0.3) is 0 Å². The molecule has 0 aliphatic carbocycles. The Kier molecular flexibility index (Phi) is 11.4. The molecule has 1 atom stereocenters. The Morgan fingerprint density at radius 3 is 2.36 bits per heavy atom. The number of halogens is 1. The van der Waals surface area contributed by atoms with Gasteiger partial charge in [0.1, 0.15) is 6.04 Å². The maximum Gasteiger partial charge on any atom is 0.243 e. The number of thioether (sulfide) groups is 1. The van der Waals surface area contributed by atoms with Crippen molar-refractivity contribution in [1.29, 1.82) is 0 Å². The fraction of sp³-hybridized carbons (Fsp3) is 0.333. The van der Waals surface area contributed by atoms with E-state index in [2.05, 4.69) is 12.2 Å². The summed E-state index contributed by atoms with van der Waals surface area (Å²) in [5.74, 6) is 0.506. The first-order valence-corrected chi connectivity index (χ1v) is 13.9. The summed E-state index contributed by atoms with van der Waals surface area (Å²) in [6.45, 7) is 5.15. The molecule has 0 bridgehead atoms. The van der Waals surface area contributed by atoms with Gasteiger partial charge in [-0.25, -0.2) is 0 Å². The highest BCUT2D eigenvalue weighted by Crippen LogP contribution is 2.23. The van der Waals surface area contributed by atoms with E-state index in [4.69, 9.17) is 11.6 Å². The standard InChI is InChI=1S/C30H35ClN2O2S/c1-3-4-19-32-30(35)28(21-24-11-6-5-7-12-24)33(22-25-13-9-8-10-23(25)2)29(34)18-20-36-27-16-14-26(31)15-17-27/h5-17,28H,3-4,18-22H2,1-2H3,(H,32,35)/t28-/m1/s1. The zero-order chi connectivity index (χ0) is 25.8. The van der Waals surface area contributed by atoms with Gasteiger partial charge in [-0.3, -0.25) is 9.59 Å². The second-order valence-corrected chi connectivity index (χ2v) is 10.5. The number of unbranched alkanes of at least 4 members (excludes halogenated alkanes) is 1. The molecule has 6 heteroatoms. The van der Waals surface area contributed by atoms with Gasteiger partial charge >= 0.3 is 0 Å². The monoisotopic (exact) mass is 522 g/mol. The molecule has 0 radical (unpaired) electrons. The third-order valence-corrected chi connectivity index (χ3v) is 7.37. The van der Waals surface area contributed by atoms with Crippen molar-refractivity contribution >= 4 is 35.2 Å². The van der Waals surface area contributed by atoms with E-state index in [9.17, 15) is 9.59 Å². The maximum atomic E-state index is 13.7. The largest absolute Gasteiger partial charge is 0.354 e. The molecule has 4 nitrogen and oxygen atoms in total. The van der Waals surface area contributed by atoms with E-state index in [1.165, 1.54) is 0 Å². The molecule has 0 saturated carbocycles. The van der Waals surface area contributed by atoms with Crippen LogP contribution in [0.15, 0.2) is 83.8 Å². The molecule has 36 heavy (non-hydrogen) atoms. The van der Waals surface area contributed by atoms with Crippen LogP contribution in [0.2, 0.25) is 5.02 Å². The summed E-state index contributed by atoms with van der Waals surface area (Å²) in [6, 6.07) is 25.0. The molecule has 0 fully saturated rings. The van der Waals surface area contributed by atoms with Gasteiger partial charge in [0.2, 0.25) is 11.8 Å². The molecule has 3 aromatic carbocycles. The first-order valence-electron chi connectivity index (χ1n) is 12.5. The lowest BCUT2D eigenvalue weighted by atomic mass is 10.0. The lowest BCUT2D eigenvalue weighted by Gasteiger charge is -2.32. The van der Waals surface area contributed by atoms with E-state index in [0.717, 1.165) is 34.4 Å². The van der Waals surface area contributed by atoms with Gasteiger partial charge < -0.3 is 10.2 Å². The van der Waals surface area contributed by atoms with Crippen molar-refractivity contribution in [1.82, 2.24) is 10.2 Å². The second-order valence-electron chi connectivity index (χ2n) is 8.85. The second kappa shape index (κ2) is 14.7. The zero-order valence-corrected chi connectivity index (χ0v) is 22.7. The SMILES string of the molecule is CCCCNC(=O)[C@@H](Cc1ccccc1)N(Cc1ccccc1C)C(=O)CCSc1ccc(Cl)cc1. The zero-order valence-electron chi connectivity index (χ0n) is 21.1. The lowest BCUT2D eigenvalue weighted by Crippen LogP contribution is -2.50. The van der Waals surface area contributed by atoms with E-state index in [1.54, 1.807) is 16.7 Å². The number of hydrogen-bond acceptors (Lipinski definition) is 3. The summed E-state index contributed by atoms with van der Waals surface area (Å²) in [4.78, 5) is 30.0. The number of rotatable bonds is 13. The van der Waals surface area contributed by atoms with Gasteiger partial charge in [0, 0.05) is 41.6 Å². The molecule has 0 aliphatic heterocycles. The fourth-order valence-electron chi connectivity index (χ4n) is 3.96. The Hall–Kier alpha value is -2.76. The van der Waals surface area contributed by atoms with Crippen molar-refractivity contribution in [3.05, 3.63) is 101 Å². The summed E-state index contributed by atoms with van der Waals surface area (Å²) in [5.41, 5.74) is 3.19. The lowest BCUT2D eigenvalue weighted by molar-refractivity contribution is -0.141. The van der Waals surface area contributed by atoms with Gasteiger partial charge in [-0.05, 0) is 54.3 Å². The Balaban J connectivity index is 1.83. The number of benzene rings is 3. The third-order valence-electron chi connectivity index (χ3n) is 6.10. The fourth-order valence-corrected chi connectivity index (χ4v) is 4.93. The van der Waals surface area contributed by atoms with Crippen LogP contribution in [0.1, 0.15) is 42.9 Å². The number of carbonyl (C=O) groups is 2. The van der Waals surface area contributed by atoms with E-state index < -0.39 is 6.04 Å². The van der Waals surface area contributed by atoms with E-state index in [1.807, 2.05) is 85.8 Å². The van der Waals surface area contributed by atoms with Gasteiger partial charge in [0.15, 0.2) is 0 Å². The smallest absolute Gasteiger partial charge is 0.243 e. The molecule has 0 spiro atoms. The highest BCUT2D eigenvalue weighted by Gasteiger charge is 2.30. The van der Waals surface area contributed by atoms with Crippen LogP contribution in [0.5, 0.6) is 0 Å². The Labute approximate surface area is 224 Å². The number of carbonyl (C=O) groups excluding carboxylic acids is 2. The van der Waals surface area contributed by atoms with Crippen LogP contribution in [0.25, 0.3) is 0 Å². The molecule has 3 rings (SSSR count). The Morgan fingerprint density at radius 2 is 1.67 bits per heavy atom. The van der Waals surface area contributed by atoms with Crippen LogP contribution < -0.4 is 5.32 Å². The van der Waals surface area contributed by atoms with Gasteiger partial charge in [-0.1, -0.05) is 79.5 Å². The number of hydrogen-bond donors (Lipinski definition) is 1. The molecule has 2 amide bonds.